The lowest BCUT2D eigenvalue weighted by Gasteiger charge is -2.40. The minimum Gasteiger partial charge on any atom is -0.393 e. The number of carbonyl (C=O) groups is 24. The lowest BCUT2D eigenvalue weighted by Crippen LogP contribution is -2.41. The molecule has 6 aliphatic carbocycles. The topological polar surface area (TPSA) is 520 Å². The monoisotopic (exact) mass is 1720 g/mol. The van der Waals surface area contributed by atoms with E-state index >= 15 is 0 Å². The van der Waals surface area contributed by atoms with E-state index in [9.17, 15) is 115 Å². The summed E-state index contributed by atoms with van der Waals surface area (Å²) in [4.78, 5) is 281. The molecule has 20 rings (SSSR count). The molecule has 0 aromatic heterocycles. The van der Waals surface area contributed by atoms with Gasteiger partial charge >= 0.3 is 143 Å². The third-order valence-electron chi connectivity index (χ3n) is 26.3. The first kappa shape index (κ1) is 86.5. The van der Waals surface area contributed by atoms with Gasteiger partial charge in [-0.1, -0.05) is 109 Å². The van der Waals surface area contributed by atoms with Crippen molar-refractivity contribution in [3.05, 3.63) is 129 Å². The molecule has 0 radical (unpaired) electrons. The molecule has 0 amide bonds. The van der Waals surface area contributed by atoms with Crippen molar-refractivity contribution in [2.45, 2.75) is 175 Å². The Hall–Kier alpha value is -13.4. The number of cyclic esters (lactones) is 24. The molecule has 12 fully saturated rings. The van der Waals surface area contributed by atoms with Gasteiger partial charge in [0.25, 0.3) is 0 Å². The number of ether oxygens (including phenoxy) is 12. The second-order valence-corrected chi connectivity index (χ2v) is 35.1. The van der Waals surface area contributed by atoms with Gasteiger partial charge in [0.2, 0.25) is 0 Å². The molecule has 2 aromatic carbocycles. The average Bonchev–Trinajstić information content (AvgIpc) is 1.69. The number of rotatable bonds is 4. The maximum Gasteiger partial charge on any atom is 0.342 e. The molecule has 0 bridgehead atoms. The number of fused-ring (bicyclic) bond motifs is 6. The third kappa shape index (κ3) is 17.2. The second kappa shape index (κ2) is 33.0. The number of esters is 24. The van der Waals surface area contributed by atoms with Crippen LogP contribution >= 0.6 is 0 Å². The van der Waals surface area contributed by atoms with Crippen LogP contribution in [0.4, 0.5) is 0 Å². The number of hydrogen-bond acceptors (Lipinski definition) is 36. The van der Waals surface area contributed by atoms with Crippen LogP contribution < -0.4 is 0 Å². The van der Waals surface area contributed by atoms with E-state index in [1.165, 1.54) is 0 Å². The zero-order chi connectivity index (χ0) is 89.5. The summed E-state index contributed by atoms with van der Waals surface area (Å²) in [5.74, 6) is -19.0. The van der Waals surface area contributed by atoms with Crippen molar-refractivity contribution in [2.75, 3.05) is 0 Å². The van der Waals surface area contributed by atoms with Gasteiger partial charge < -0.3 is 56.8 Å². The van der Waals surface area contributed by atoms with Gasteiger partial charge in [-0.2, -0.15) is 0 Å². The van der Waals surface area contributed by atoms with Gasteiger partial charge in [0, 0.05) is 16.4 Å². The van der Waals surface area contributed by atoms with E-state index in [1.807, 2.05) is 86.7 Å². The molecule has 36 nitrogen and oxygen atoms in total. The van der Waals surface area contributed by atoms with Gasteiger partial charge in [-0.25, -0.2) is 19.2 Å². The standard InChI is InChI=1S/2C18H14O6.2C14H14O6.C13H12O6.C12H10O6/c2*19-13-8-18(9-14(20)23-13)6-11(10-4-2-1-3-5-10)15-12(7-18)16(21)24-17(15)22;2*1-2-7-3-14(5-9(15)19-10(16)6-14)4-8-11(7)13(18)20-12(8)17;1-6-2-13(4-8(14)18-9(15)5-13)3-7-10(6)12(17)19-11(7)16;13-8-4-12(5-9(14)17-8)2-1-6-7(3-12)11(16)18-10(6)15/h1-5,12H,6-9H2;1-6,12,15H,7-9H2;8H,2-6H2,1H3;3,8,11H,2,4-6H2,1H3;7H,2-5H2,1H3;1,7H,2-5H2. The maximum atomic E-state index is 12.2. The molecule has 12 saturated heterocycles. The summed E-state index contributed by atoms with van der Waals surface area (Å²) < 4.78 is 55.6. The zero-order valence-electron chi connectivity index (χ0n) is 67.3. The van der Waals surface area contributed by atoms with Crippen molar-refractivity contribution in [3.8, 4) is 0 Å². The molecule has 2 aromatic rings. The smallest absolute Gasteiger partial charge is 0.342 e. The van der Waals surface area contributed by atoms with Crippen LogP contribution in [0.15, 0.2) is 118 Å². The molecular weight excluding hydrogens is 1640 g/mol. The van der Waals surface area contributed by atoms with Crippen molar-refractivity contribution < 1.29 is 172 Å². The summed E-state index contributed by atoms with van der Waals surface area (Å²) in [6.07, 6.45) is 10.7. The Morgan fingerprint density at radius 3 is 1.10 bits per heavy atom. The number of hydrogen-bond donors (Lipinski definition) is 0. The molecule has 650 valence electrons. The number of allylic oxidation sites excluding steroid dienone is 6. The minimum atomic E-state index is -0.803. The lowest BCUT2D eigenvalue weighted by atomic mass is 9.62. The molecule has 0 saturated carbocycles. The van der Waals surface area contributed by atoms with Crippen molar-refractivity contribution in [3.63, 3.8) is 0 Å². The van der Waals surface area contributed by atoms with Crippen LogP contribution in [0.1, 0.15) is 186 Å². The Kier molecular flexibility index (Phi) is 22.8. The quantitative estimate of drug-likeness (QED) is 0.141. The maximum absolute atomic E-state index is 12.2. The van der Waals surface area contributed by atoms with Crippen LogP contribution in [0.5, 0.6) is 0 Å². The molecule has 125 heavy (non-hydrogen) atoms. The Morgan fingerprint density at radius 1 is 0.288 bits per heavy atom. The SMILES string of the molecule is CC1=C2C(=O)OC(=O)C2CC2(CC(=O)OC(=O)C2)C1.CCC1=C2C(=O)OC(=O)C2CC2(CC(=O)OC(=O)C2)C1.CCC1=CC2(CC(=O)OC(=O)C2)CC2C(=O)OC(=O)C12.O=C1CC2(C=C(c3ccccc3)C3C(=O)OC(=O)C3C2)CC(=O)O1.O=C1CC2(CC(=O)O1)CC(c1ccccc1)=C1C(=O)OC(=O)C1C2.O=C1CC2(CC=C3C(=O)OC(=O)C3C2)CC(=O)O1. The van der Waals surface area contributed by atoms with Gasteiger partial charge in [0.15, 0.2) is 0 Å². The summed E-state index contributed by atoms with van der Waals surface area (Å²) >= 11 is 0. The summed E-state index contributed by atoms with van der Waals surface area (Å²) in [7, 11) is 0. The molecule has 36 heteroatoms. The Labute approximate surface area is 707 Å². The Bertz CT molecular complexity index is 5420. The lowest BCUT2D eigenvalue weighted by molar-refractivity contribution is -0.172. The summed E-state index contributed by atoms with van der Waals surface area (Å²) in [6.45, 7) is 5.51. The van der Waals surface area contributed by atoms with E-state index in [2.05, 4.69) is 37.9 Å². The van der Waals surface area contributed by atoms with Crippen molar-refractivity contribution in [1.82, 2.24) is 0 Å². The van der Waals surface area contributed by atoms with Crippen molar-refractivity contribution in [2.24, 2.45) is 79.8 Å². The van der Waals surface area contributed by atoms with Crippen LogP contribution in [0.3, 0.4) is 0 Å². The summed E-state index contributed by atoms with van der Waals surface area (Å²) in [6, 6.07) is 18.4. The van der Waals surface area contributed by atoms with E-state index in [1.54, 1.807) is 13.0 Å². The molecule has 0 N–H and O–H groups in total. The van der Waals surface area contributed by atoms with Gasteiger partial charge in [-0.05, 0) is 128 Å². The first-order chi connectivity index (χ1) is 59.2. The van der Waals surface area contributed by atoms with Gasteiger partial charge in [-0.3, -0.25) is 95.9 Å². The predicted octanol–water partition coefficient (Wildman–Crippen LogP) is 6.25. The van der Waals surface area contributed by atoms with Gasteiger partial charge in [0.1, 0.15) is 0 Å². The molecule has 18 aliphatic rings. The molecule has 12 aliphatic heterocycles. The normalized spacial score (nSPS) is 28.7. The van der Waals surface area contributed by atoms with Crippen LogP contribution in [0.2, 0.25) is 0 Å². The molecule has 8 atom stereocenters. The molecule has 6 spiro atoms. The predicted molar refractivity (Wildman–Crippen MR) is 402 cm³/mol. The van der Waals surface area contributed by atoms with E-state index in [4.69, 9.17) is 18.9 Å². The number of benzene rings is 2. The van der Waals surface area contributed by atoms with Crippen LogP contribution in [0.25, 0.3) is 11.1 Å². The Balaban J connectivity index is 0.000000116. The largest absolute Gasteiger partial charge is 0.393 e. The van der Waals surface area contributed by atoms with Crippen LogP contribution in [0, 0.1) is 79.8 Å². The van der Waals surface area contributed by atoms with Crippen molar-refractivity contribution >= 4 is 154 Å². The highest BCUT2D eigenvalue weighted by Crippen LogP contribution is 2.59. The highest BCUT2D eigenvalue weighted by molar-refractivity contribution is 6.14. The molecule has 12 heterocycles. The highest BCUT2D eigenvalue weighted by Gasteiger charge is 2.61. The first-order valence-corrected chi connectivity index (χ1v) is 40.6. The number of carbonyl (C=O) groups excluding carboxylic acids is 24. The van der Waals surface area contributed by atoms with Crippen LogP contribution in [-0.4, -0.2) is 143 Å². The van der Waals surface area contributed by atoms with E-state index in [-0.39, 0.29) is 96.3 Å². The van der Waals surface area contributed by atoms with Gasteiger partial charge in [0.05, 0.1) is 141 Å². The fourth-order valence-electron chi connectivity index (χ4n) is 21.4. The summed E-state index contributed by atoms with van der Waals surface area (Å²) in [5, 5.41) is 0. The molecular formula is C89H78O36. The molecule has 8 unspecified atom stereocenters. The average molecular weight is 1720 g/mol. The van der Waals surface area contributed by atoms with E-state index < -0.39 is 223 Å². The zero-order valence-corrected chi connectivity index (χ0v) is 67.3. The van der Waals surface area contributed by atoms with Crippen LogP contribution in [-0.2, 0) is 172 Å². The fourth-order valence-corrected chi connectivity index (χ4v) is 21.4. The second-order valence-electron chi connectivity index (χ2n) is 35.1. The van der Waals surface area contributed by atoms with Gasteiger partial charge in [-0.15, -0.1) is 0 Å². The van der Waals surface area contributed by atoms with E-state index in [0.29, 0.717) is 91.2 Å². The third-order valence-corrected chi connectivity index (χ3v) is 26.3. The minimum absolute atomic E-state index is 0.0137. The highest BCUT2D eigenvalue weighted by atomic mass is 16.6. The fraction of sp³-hybridized carbons (Fsp3) is 0.461. The first-order valence-electron chi connectivity index (χ1n) is 40.6. The van der Waals surface area contributed by atoms with E-state index in [0.717, 1.165) is 27.8 Å². The Morgan fingerprint density at radius 2 is 0.640 bits per heavy atom. The van der Waals surface area contributed by atoms with Crippen molar-refractivity contribution in [1.29, 1.82) is 0 Å². The summed E-state index contributed by atoms with van der Waals surface area (Å²) in [5.41, 5.74) is 2.80.